The molecule has 10 nitrogen and oxygen atoms in total. The summed E-state index contributed by atoms with van der Waals surface area (Å²) in [6, 6.07) is 9.79. The van der Waals surface area contributed by atoms with E-state index in [2.05, 4.69) is 30.4 Å². The summed E-state index contributed by atoms with van der Waals surface area (Å²) in [4.78, 5) is 10.3. The first-order chi connectivity index (χ1) is 18.6. The van der Waals surface area contributed by atoms with Gasteiger partial charge in [0.2, 0.25) is 5.82 Å². The van der Waals surface area contributed by atoms with Crippen molar-refractivity contribution in [2.75, 3.05) is 31.5 Å². The van der Waals surface area contributed by atoms with E-state index in [0.29, 0.717) is 17.8 Å². The monoisotopic (exact) mass is 561 g/mol. The normalized spacial score (nSPS) is 14.7. The van der Waals surface area contributed by atoms with Gasteiger partial charge in [-0.05, 0) is 74.8 Å². The van der Waals surface area contributed by atoms with E-state index in [4.69, 9.17) is 4.52 Å². The molecule has 4 heterocycles. The third-order valence-electron chi connectivity index (χ3n) is 6.44. The standard InChI is InChI=1S/C25H26F3N7O3S/c1-17-14-21(24-31-23(33-38-24)19-5-7-20(8-6-19)39(36,37)25(26,27)28)32-35(17)16-18-4-9-22(30-15-18)29-10-13-34-11-2-3-12-34/h4-9,14-15H,2-3,10-13,16H2,1H3,(H,29,30). The van der Waals surface area contributed by atoms with Crippen molar-refractivity contribution in [3.8, 4) is 23.0 Å². The van der Waals surface area contributed by atoms with Crippen LogP contribution in [0.4, 0.5) is 19.0 Å². The lowest BCUT2D eigenvalue weighted by molar-refractivity contribution is -0.0436. The van der Waals surface area contributed by atoms with Crippen molar-refractivity contribution < 1.29 is 26.1 Å². The molecule has 0 atom stereocenters. The van der Waals surface area contributed by atoms with E-state index in [1.165, 1.54) is 25.0 Å². The summed E-state index contributed by atoms with van der Waals surface area (Å²) in [6.45, 7) is 6.53. The third-order valence-corrected chi connectivity index (χ3v) is 7.95. The molecule has 3 aromatic heterocycles. The Balaban J connectivity index is 1.23. The summed E-state index contributed by atoms with van der Waals surface area (Å²) in [5.41, 5.74) is -2.86. The zero-order valence-corrected chi connectivity index (χ0v) is 21.8. The van der Waals surface area contributed by atoms with Crippen molar-refractivity contribution in [1.82, 2.24) is 29.8 Å². The Morgan fingerprint density at radius 1 is 1.08 bits per heavy atom. The number of alkyl halides is 3. The van der Waals surface area contributed by atoms with Gasteiger partial charge < -0.3 is 14.7 Å². The van der Waals surface area contributed by atoms with Crippen molar-refractivity contribution in [2.45, 2.75) is 36.7 Å². The summed E-state index contributed by atoms with van der Waals surface area (Å²) >= 11 is 0. The van der Waals surface area contributed by atoms with Crippen LogP contribution in [0.5, 0.6) is 0 Å². The highest BCUT2D eigenvalue weighted by molar-refractivity contribution is 7.92. The fraction of sp³-hybridized carbons (Fsp3) is 0.360. The van der Waals surface area contributed by atoms with Crippen molar-refractivity contribution in [3.05, 3.63) is 59.9 Å². The molecule has 1 saturated heterocycles. The number of hydrogen-bond acceptors (Lipinski definition) is 9. The zero-order chi connectivity index (χ0) is 27.6. The number of benzene rings is 1. The minimum atomic E-state index is -5.44. The van der Waals surface area contributed by atoms with Gasteiger partial charge in [0, 0.05) is 30.5 Å². The van der Waals surface area contributed by atoms with Gasteiger partial charge in [0.1, 0.15) is 5.82 Å². The molecule has 14 heteroatoms. The minimum absolute atomic E-state index is 0.0881. The molecule has 1 N–H and O–H groups in total. The maximum absolute atomic E-state index is 12.8. The quantitative estimate of drug-likeness (QED) is 0.321. The number of sulfone groups is 1. The number of aryl methyl sites for hydroxylation is 1. The second-order valence-corrected chi connectivity index (χ2v) is 11.2. The Labute approximate surface area is 222 Å². The average Bonchev–Trinajstić information content (AvgIpc) is 3.67. The highest BCUT2D eigenvalue weighted by Gasteiger charge is 2.46. The number of nitrogens with zero attached hydrogens (tertiary/aromatic N) is 6. The molecule has 4 aromatic rings. The van der Waals surface area contributed by atoms with Gasteiger partial charge in [0.05, 0.1) is 11.4 Å². The molecule has 0 amide bonds. The van der Waals surface area contributed by atoms with Gasteiger partial charge in [-0.3, -0.25) is 4.68 Å². The van der Waals surface area contributed by atoms with Crippen LogP contribution in [-0.4, -0.2) is 69.9 Å². The molecular formula is C25H26F3N7O3S. The van der Waals surface area contributed by atoms with E-state index in [-0.39, 0.29) is 11.7 Å². The Morgan fingerprint density at radius 2 is 1.82 bits per heavy atom. The highest BCUT2D eigenvalue weighted by atomic mass is 32.2. The smallest absolute Gasteiger partial charge is 0.369 e. The number of likely N-dealkylation sites (tertiary alicyclic amines) is 1. The number of halogens is 3. The molecular weight excluding hydrogens is 535 g/mol. The summed E-state index contributed by atoms with van der Waals surface area (Å²) in [7, 11) is -5.44. The van der Waals surface area contributed by atoms with Crippen molar-refractivity contribution in [3.63, 3.8) is 0 Å². The number of anilines is 1. The molecule has 0 aliphatic carbocycles. The minimum Gasteiger partial charge on any atom is -0.369 e. The molecule has 0 radical (unpaired) electrons. The first kappa shape index (κ1) is 26.8. The Morgan fingerprint density at radius 3 is 2.49 bits per heavy atom. The van der Waals surface area contributed by atoms with Gasteiger partial charge in [-0.2, -0.15) is 23.3 Å². The summed E-state index contributed by atoms with van der Waals surface area (Å²) < 4.78 is 68.5. The predicted molar refractivity (Wildman–Crippen MR) is 136 cm³/mol. The molecule has 5 rings (SSSR count). The largest absolute Gasteiger partial charge is 0.501 e. The molecule has 1 fully saturated rings. The van der Waals surface area contributed by atoms with Crippen LogP contribution in [0.1, 0.15) is 24.1 Å². The fourth-order valence-electron chi connectivity index (χ4n) is 4.28. The lowest BCUT2D eigenvalue weighted by atomic mass is 10.2. The zero-order valence-electron chi connectivity index (χ0n) is 21.0. The summed E-state index contributed by atoms with van der Waals surface area (Å²) in [5.74, 6) is 1.03. The molecule has 206 valence electrons. The SMILES string of the molecule is Cc1cc(-c2nc(-c3ccc(S(=O)(=O)C(F)(F)F)cc3)no2)nn1Cc1ccc(NCCN2CCCC2)nc1. The Hall–Kier alpha value is -3.78. The van der Waals surface area contributed by atoms with Crippen LogP contribution in [0.15, 0.2) is 58.1 Å². The molecule has 0 unspecified atom stereocenters. The molecule has 0 saturated carbocycles. The van der Waals surface area contributed by atoms with Gasteiger partial charge in [-0.15, -0.1) is 0 Å². The van der Waals surface area contributed by atoms with E-state index in [9.17, 15) is 21.6 Å². The topological polar surface area (TPSA) is 119 Å². The molecule has 1 aliphatic rings. The van der Waals surface area contributed by atoms with E-state index in [1.54, 1.807) is 16.9 Å². The number of hydrogen-bond donors (Lipinski definition) is 1. The lowest BCUT2D eigenvalue weighted by Gasteiger charge is -2.15. The van der Waals surface area contributed by atoms with Crippen LogP contribution < -0.4 is 5.32 Å². The molecule has 1 aliphatic heterocycles. The van der Waals surface area contributed by atoms with Gasteiger partial charge in [-0.1, -0.05) is 11.2 Å². The van der Waals surface area contributed by atoms with Crippen LogP contribution in [0.2, 0.25) is 0 Å². The van der Waals surface area contributed by atoms with Gasteiger partial charge in [0.25, 0.3) is 15.7 Å². The molecule has 39 heavy (non-hydrogen) atoms. The van der Waals surface area contributed by atoms with Crippen LogP contribution >= 0.6 is 0 Å². The van der Waals surface area contributed by atoms with E-state index < -0.39 is 20.2 Å². The van der Waals surface area contributed by atoms with E-state index >= 15 is 0 Å². The molecule has 0 bridgehead atoms. The Bertz CT molecular complexity index is 1530. The first-order valence-electron chi connectivity index (χ1n) is 12.3. The third kappa shape index (κ3) is 5.96. The summed E-state index contributed by atoms with van der Waals surface area (Å²) in [5, 5.41) is 11.7. The molecule has 1 aromatic carbocycles. The van der Waals surface area contributed by atoms with Crippen LogP contribution in [0.25, 0.3) is 23.0 Å². The second kappa shape index (κ2) is 10.8. The highest BCUT2D eigenvalue weighted by Crippen LogP contribution is 2.31. The van der Waals surface area contributed by atoms with Gasteiger partial charge >= 0.3 is 5.51 Å². The van der Waals surface area contributed by atoms with Crippen molar-refractivity contribution in [1.29, 1.82) is 0 Å². The maximum Gasteiger partial charge on any atom is 0.501 e. The van der Waals surface area contributed by atoms with Crippen LogP contribution in [-0.2, 0) is 16.4 Å². The number of aromatic nitrogens is 5. The number of rotatable bonds is 9. The van der Waals surface area contributed by atoms with Gasteiger partial charge in [-0.25, -0.2) is 13.4 Å². The summed E-state index contributed by atoms with van der Waals surface area (Å²) in [6.07, 6.45) is 4.34. The molecule has 0 spiro atoms. The van der Waals surface area contributed by atoms with Crippen LogP contribution in [0.3, 0.4) is 0 Å². The van der Waals surface area contributed by atoms with Crippen molar-refractivity contribution in [2.24, 2.45) is 0 Å². The van der Waals surface area contributed by atoms with E-state index in [1.807, 2.05) is 19.1 Å². The lowest BCUT2D eigenvalue weighted by Crippen LogP contribution is -2.26. The predicted octanol–water partition coefficient (Wildman–Crippen LogP) is 4.15. The van der Waals surface area contributed by atoms with Crippen molar-refractivity contribution >= 4 is 15.7 Å². The number of pyridine rings is 1. The Kier molecular flexibility index (Phi) is 7.40. The second-order valence-electron chi connectivity index (χ2n) is 9.25. The average molecular weight is 562 g/mol. The van der Waals surface area contributed by atoms with Crippen LogP contribution in [0, 0.1) is 6.92 Å². The fourth-order valence-corrected chi connectivity index (χ4v) is 5.04. The first-order valence-corrected chi connectivity index (χ1v) is 13.8. The maximum atomic E-state index is 12.8. The van der Waals surface area contributed by atoms with E-state index in [0.717, 1.165) is 55.4 Å². The number of nitrogens with one attached hydrogen (secondary N) is 1. The van der Waals surface area contributed by atoms with Gasteiger partial charge in [0.15, 0.2) is 5.69 Å².